The summed E-state index contributed by atoms with van der Waals surface area (Å²) < 4.78 is 4.97. The summed E-state index contributed by atoms with van der Waals surface area (Å²) >= 11 is 0. The normalized spacial score (nSPS) is 14.2. The zero-order chi connectivity index (χ0) is 18.5. The Morgan fingerprint density at radius 1 is 1.19 bits per heavy atom. The lowest BCUT2D eigenvalue weighted by Crippen LogP contribution is -2.35. The third-order valence-electron chi connectivity index (χ3n) is 4.69. The summed E-state index contributed by atoms with van der Waals surface area (Å²) in [6, 6.07) is 15.4. The van der Waals surface area contributed by atoms with Gasteiger partial charge < -0.3 is 15.0 Å². The molecule has 3 rings (SSSR count). The van der Waals surface area contributed by atoms with E-state index in [9.17, 15) is 9.59 Å². The smallest absolute Gasteiger partial charge is 0.255 e. The lowest BCUT2D eigenvalue weighted by molar-refractivity contribution is -0.122. The minimum Gasteiger partial charge on any atom is -0.383 e. The molecule has 0 saturated carbocycles. The van der Waals surface area contributed by atoms with Gasteiger partial charge in [-0.25, -0.2) is 0 Å². The highest BCUT2D eigenvalue weighted by atomic mass is 16.5. The molecule has 0 bridgehead atoms. The second kappa shape index (κ2) is 8.15. The molecule has 0 aromatic heterocycles. The van der Waals surface area contributed by atoms with Crippen LogP contribution in [0.2, 0.25) is 0 Å². The summed E-state index contributed by atoms with van der Waals surface area (Å²) in [5.74, 6) is -0.104. The number of benzene rings is 2. The number of hydrogen-bond acceptors (Lipinski definition) is 3. The average Bonchev–Trinajstić information content (AvgIpc) is 2.98. The maximum atomic E-state index is 12.9. The number of hydrogen-bond donors (Lipinski definition) is 1. The second-order valence-electron chi connectivity index (χ2n) is 6.56. The molecule has 2 aromatic rings. The summed E-state index contributed by atoms with van der Waals surface area (Å²) in [5.41, 5.74) is 3.85. The molecule has 0 spiro atoms. The van der Waals surface area contributed by atoms with Crippen molar-refractivity contribution in [2.75, 3.05) is 20.3 Å². The minimum absolute atomic E-state index is 0.0177. The number of amides is 2. The lowest BCUT2D eigenvalue weighted by atomic mass is 10.0. The largest absolute Gasteiger partial charge is 0.383 e. The Morgan fingerprint density at radius 2 is 1.92 bits per heavy atom. The van der Waals surface area contributed by atoms with Gasteiger partial charge in [-0.1, -0.05) is 48.0 Å². The van der Waals surface area contributed by atoms with Crippen LogP contribution in [0, 0.1) is 6.92 Å². The van der Waals surface area contributed by atoms with Gasteiger partial charge in [0.15, 0.2) is 0 Å². The standard InChI is InChI=1S/C21H24N2O3/c1-15-7-9-16(10-8-15)19(13-20(24)22-11-12-26-2)23-14-17-5-3-4-6-18(17)21(23)25/h3-10,19H,11-14H2,1-2H3,(H,22,24). The van der Waals surface area contributed by atoms with E-state index >= 15 is 0 Å². The van der Waals surface area contributed by atoms with Gasteiger partial charge in [-0.2, -0.15) is 0 Å². The Morgan fingerprint density at radius 3 is 2.62 bits per heavy atom. The maximum absolute atomic E-state index is 12.9. The van der Waals surface area contributed by atoms with Gasteiger partial charge in [0.05, 0.1) is 19.1 Å². The van der Waals surface area contributed by atoms with Gasteiger partial charge in [-0.15, -0.1) is 0 Å². The van der Waals surface area contributed by atoms with E-state index in [1.165, 1.54) is 0 Å². The highest BCUT2D eigenvalue weighted by Gasteiger charge is 2.34. The Labute approximate surface area is 154 Å². The van der Waals surface area contributed by atoms with Crippen LogP contribution in [0.25, 0.3) is 0 Å². The van der Waals surface area contributed by atoms with Gasteiger partial charge >= 0.3 is 0 Å². The van der Waals surface area contributed by atoms with E-state index in [-0.39, 0.29) is 24.3 Å². The van der Waals surface area contributed by atoms with E-state index in [1.807, 2.05) is 55.5 Å². The topological polar surface area (TPSA) is 58.6 Å². The average molecular weight is 352 g/mol. The van der Waals surface area contributed by atoms with Crippen molar-refractivity contribution in [3.63, 3.8) is 0 Å². The first-order chi connectivity index (χ1) is 12.6. The van der Waals surface area contributed by atoms with Gasteiger partial charge in [0.2, 0.25) is 5.91 Å². The third kappa shape index (κ3) is 3.94. The molecule has 0 radical (unpaired) electrons. The van der Waals surface area contributed by atoms with Gasteiger partial charge in [-0.3, -0.25) is 9.59 Å². The first-order valence-electron chi connectivity index (χ1n) is 8.81. The molecular weight excluding hydrogens is 328 g/mol. The summed E-state index contributed by atoms with van der Waals surface area (Å²) in [6.07, 6.45) is 0.229. The monoisotopic (exact) mass is 352 g/mol. The molecule has 1 heterocycles. The Kier molecular flexibility index (Phi) is 5.68. The quantitative estimate of drug-likeness (QED) is 0.780. The van der Waals surface area contributed by atoms with Gasteiger partial charge in [0.1, 0.15) is 0 Å². The zero-order valence-electron chi connectivity index (χ0n) is 15.2. The fourth-order valence-electron chi connectivity index (χ4n) is 3.27. The van der Waals surface area contributed by atoms with Gasteiger partial charge in [-0.05, 0) is 24.1 Å². The maximum Gasteiger partial charge on any atom is 0.255 e. The van der Waals surface area contributed by atoms with E-state index in [1.54, 1.807) is 12.0 Å². The predicted molar refractivity (Wildman–Crippen MR) is 99.7 cm³/mol. The summed E-state index contributed by atoms with van der Waals surface area (Å²) in [5, 5.41) is 2.85. The summed E-state index contributed by atoms with van der Waals surface area (Å²) in [7, 11) is 1.60. The molecule has 136 valence electrons. The molecule has 1 unspecified atom stereocenters. The Bertz CT molecular complexity index is 786. The molecule has 2 aromatic carbocycles. The van der Waals surface area contributed by atoms with Crippen LogP contribution in [0.15, 0.2) is 48.5 Å². The molecule has 1 N–H and O–H groups in total. The van der Waals surface area contributed by atoms with Crippen LogP contribution < -0.4 is 5.32 Å². The van der Waals surface area contributed by atoms with Crippen LogP contribution in [-0.2, 0) is 16.1 Å². The van der Waals surface area contributed by atoms with Crippen molar-refractivity contribution in [2.24, 2.45) is 0 Å². The number of nitrogens with zero attached hydrogens (tertiary/aromatic N) is 1. The van der Waals surface area contributed by atoms with Crippen LogP contribution >= 0.6 is 0 Å². The molecule has 1 aliphatic rings. The van der Waals surface area contributed by atoms with E-state index in [0.29, 0.717) is 19.7 Å². The highest BCUT2D eigenvalue weighted by molar-refractivity contribution is 5.98. The highest BCUT2D eigenvalue weighted by Crippen LogP contribution is 2.33. The Hall–Kier alpha value is -2.66. The molecule has 5 heteroatoms. The Balaban J connectivity index is 1.83. The van der Waals surface area contributed by atoms with Crippen molar-refractivity contribution in [2.45, 2.75) is 25.9 Å². The molecule has 1 atom stereocenters. The molecule has 0 fully saturated rings. The number of carbonyl (C=O) groups is 2. The van der Waals surface area contributed by atoms with Crippen molar-refractivity contribution in [3.05, 3.63) is 70.8 Å². The number of ether oxygens (including phenoxy) is 1. The van der Waals surface area contributed by atoms with Crippen molar-refractivity contribution in [3.8, 4) is 0 Å². The van der Waals surface area contributed by atoms with Crippen molar-refractivity contribution >= 4 is 11.8 Å². The number of rotatable bonds is 7. The number of aryl methyl sites for hydroxylation is 1. The molecular formula is C21H24N2O3. The summed E-state index contributed by atoms with van der Waals surface area (Å²) in [6.45, 7) is 3.48. The van der Waals surface area contributed by atoms with Gasteiger partial charge in [0, 0.05) is 25.8 Å². The zero-order valence-corrected chi connectivity index (χ0v) is 15.2. The minimum atomic E-state index is -0.293. The van der Waals surface area contributed by atoms with E-state index in [4.69, 9.17) is 4.74 Å². The van der Waals surface area contributed by atoms with Crippen LogP contribution in [-0.4, -0.2) is 37.0 Å². The van der Waals surface area contributed by atoms with Crippen LogP contribution in [0.1, 0.15) is 39.5 Å². The lowest BCUT2D eigenvalue weighted by Gasteiger charge is -2.28. The predicted octanol–water partition coefficient (Wildman–Crippen LogP) is 2.84. The molecule has 0 saturated heterocycles. The molecule has 26 heavy (non-hydrogen) atoms. The third-order valence-corrected chi connectivity index (χ3v) is 4.69. The van der Waals surface area contributed by atoms with Crippen LogP contribution in [0.5, 0.6) is 0 Å². The first kappa shape index (κ1) is 18.1. The molecule has 2 amide bonds. The van der Waals surface area contributed by atoms with E-state index in [0.717, 1.165) is 22.3 Å². The number of methoxy groups -OCH3 is 1. The van der Waals surface area contributed by atoms with Crippen molar-refractivity contribution < 1.29 is 14.3 Å². The fourth-order valence-corrected chi connectivity index (χ4v) is 3.27. The fraction of sp³-hybridized carbons (Fsp3) is 0.333. The second-order valence-corrected chi connectivity index (χ2v) is 6.56. The summed E-state index contributed by atoms with van der Waals surface area (Å²) in [4.78, 5) is 27.1. The SMILES string of the molecule is COCCNC(=O)CC(c1ccc(C)cc1)N1Cc2ccccc2C1=O. The molecule has 1 aliphatic heterocycles. The number of carbonyl (C=O) groups excluding carboxylic acids is 2. The number of nitrogens with one attached hydrogen (secondary N) is 1. The molecule has 0 aliphatic carbocycles. The van der Waals surface area contributed by atoms with E-state index in [2.05, 4.69) is 5.32 Å². The van der Waals surface area contributed by atoms with Gasteiger partial charge in [0.25, 0.3) is 5.91 Å². The van der Waals surface area contributed by atoms with Crippen molar-refractivity contribution in [1.29, 1.82) is 0 Å². The van der Waals surface area contributed by atoms with Crippen molar-refractivity contribution in [1.82, 2.24) is 10.2 Å². The van der Waals surface area contributed by atoms with Crippen LogP contribution in [0.4, 0.5) is 0 Å². The van der Waals surface area contributed by atoms with E-state index < -0.39 is 0 Å². The molecule has 5 nitrogen and oxygen atoms in total. The number of fused-ring (bicyclic) bond motifs is 1. The van der Waals surface area contributed by atoms with Crippen LogP contribution in [0.3, 0.4) is 0 Å². The first-order valence-corrected chi connectivity index (χ1v) is 8.81.